The average Bonchev–Trinajstić information content (AvgIpc) is 3.37. The highest BCUT2D eigenvalue weighted by Gasteiger charge is 2.23. The van der Waals surface area contributed by atoms with Crippen molar-refractivity contribution in [3.05, 3.63) is 65.5 Å². The van der Waals surface area contributed by atoms with E-state index in [1.54, 1.807) is 0 Å². The number of amides is 2. The Hall–Kier alpha value is -2.45. The van der Waals surface area contributed by atoms with Crippen molar-refractivity contribution in [2.45, 2.75) is 62.6 Å². The smallest absolute Gasteiger partial charge is 0.247 e. The van der Waals surface area contributed by atoms with Crippen molar-refractivity contribution in [2.75, 3.05) is 13.1 Å². The summed E-state index contributed by atoms with van der Waals surface area (Å²) in [7, 11) is 0. The molecule has 1 saturated carbocycles. The molecule has 186 valence electrons. The SMILES string of the molecule is FCc1cc(F)ccc1S.NCCCNC(=O)C(NC(=O)CCC1CCCC1)c1ccccc1. The Bertz CT molecular complexity index is 893. The topological polar surface area (TPSA) is 84.2 Å². The van der Waals surface area contributed by atoms with Gasteiger partial charge in [-0.2, -0.15) is 0 Å². The molecular formula is C26H35F2N3O2S. The maximum atomic E-state index is 12.4. The van der Waals surface area contributed by atoms with Crippen LogP contribution in [0, 0.1) is 11.7 Å². The fraction of sp³-hybridized carbons (Fsp3) is 0.462. The third-order valence-corrected chi connectivity index (χ3v) is 6.26. The van der Waals surface area contributed by atoms with Crippen molar-refractivity contribution >= 4 is 24.4 Å². The molecule has 1 aliphatic rings. The third kappa shape index (κ3) is 9.81. The van der Waals surface area contributed by atoms with Crippen molar-refractivity contribution in [3.63, 3.8) is 0 Å². The van der Waals surface area contributed by atoms with Crippen LogP contribution in [-0.2, 0) is 16.3 Å². The molecule has 0 bridgehead atoms. The van der Waals surface area contributed by atoms with Gasteiger partial charge in [0, 0.05) is 17.9 Å². The minimum absolute atomic E-state index is 0.0512. The molecule has 1 unspecified atom stereocenters. The second-order valence-corrected chi connectivity index (χ2v) is 8.92. The minimum atomic E-state index is -0.670. The van der Waals surface area contributed by atoms with Crippen LogP contribution in [0.3, 0.4) is 0 Å². The number of carbonyl (C=O) groups excluding carboxylic acids is 2. The van der Waals surface area contributed by atoms with E-state index in [0.717, 1.165) is 24.5 Å². The zero-order valence-electron chi connectivity index (χ0n) is 19.4. The van der Waals surface area contributed by atoms with Crippen molar-refractivity contribution in [1.82, 2.24) is 10.6 Å². The molecule has 0 saturated heterocycles. The van der Waals surface area contributed by atoms with E-state index in [1.807, 2.05) is 30.3 Å². The number of hydrogen-bond donors (Lipinski definition) is 4. The number of alkyl halides is 1. The highest BCUT2D eigenvalue weighted by atomic mass is 32.1. The van der Waals surface area contributed by atoms with Crippen LogP contribution in [0.5, 0.6) is 0 Å². The zero-order valence-corrected chi connectivity index (χ0v) is 20.3. The first-order valence-corrected chi connectivity index (χ1v) is 12.2. The summed E-state index contributed by atoms with van der Waals surface area (Å²) in [4.78, 5) is 25.2. The molecule has 8 heteroatoms. The first-order chi connectivity index (χ1) is 16.4. The Balaban J connectivity index is 0.000000340. The maximum absolute atomic E-state index is 12.4. The lowest BCUT2D eigenvalue weighted by atomic mass is 10.0. The molecule has 1 fully saturated rings. The molecule has 34 heavy (non-hydrogen) atoms. The first-order valence-electron chi connectivity index (χ1n) is 11.8. The number of carbonyl (C=O) groups is 2. The van der Waals surface area contributed by atoms with Gasteiger partial charge in [0.1, 0.15) is 18.5 Å². The quantitative estimate of drug-likeness (QED) is 0.283. The van der Waals surface area contributed by atoms with E-state index in [4.69, 9.17) is 5.73 Å². The number of hydrogen-bond acceptors (Lipinski definition) is 4. The maximum Gasteiger partial charge on any atom is 0.247 e. The molecule has 2 aromatic carbocycles. The predicted molar refractivity (Wildman–Crippen MR) is 134 cm³/mol. The minimum Gasteiger partial charge on any atom is -0.354 e. The van der Waals surface area contributed by atoms with Crippen molar-refractivity contribution in [3.8, 4) is 0 Å². The largest absolute Gasteiger partial charge is 0.354 e. The van der Waals surface area contributed by atoms with Crippen molar-refractivity contribution in [1.29, 1.82) is 0 Å². The molecule has 1 atom stereocenters. The monoisotopic (exact) mass is 491 g/mol. The van der Waals surface area contributed by atoms with Crippen LogP contribution >= 0.6 is 12.6 Å². The number of benzene rings is 2. The summed E-state index contributed by atoms with van der Waals surface area (Å²) in [5.41, 5.74) is 6.56. The summed E-state index contributed by atoms with van der Waals surface area (Å²) in [6.45, 7) is 0.386. The number of rotatable bonds is 10. The molecule has 0 radical (unpaired) electrons. The summed E-state index contributed by atoms with van der Waals surface area (Å²) in [5.74, 6) is 0.0170. The fourth-order valence-corrected chi connectivity index (χ4v) is 4.09. The van der Waals surface area contributed by atoms with E-state index in [0.29, 0.717) is 35.9 Å². The van der Waals surface area contributed by atoms with Crippen molar-refractivity contribution < 1.29 is 18.4 Å². The molecule has 2 amide bonds. The average molecular weight is 492 g/mol. The Morgan fingerprint density at radius 1 is 1.12 bits per heavy atom. The second kappa shape index (κ2) is 15.5. The number of thiol groups is 1. The van der Waals surface area contributed by atoms with Gasteiger partial charge in [-0.15, -0.1) is 12.6 Å². The molecule has 2 aromatic rings. The van der Waals surface area contributed by atoms with Gasteiger partial charge in [-0.05, 0) is 54.6 Å². The molecule has 3 rings (SSSR count). The van der Waals surface area contributed by atoms with Crippen LogP contribution in [0.4, 0.5) is 8.78 Å². The molecule has 4 N–H and O–H groups in total. The van der Waals surface area contributed by atoms with E-state index in [-0.39, 0.29) is 11.8 Å². The van der Waals surface area contributed by atoms with Gasteiger partial charge >= 0.3 is 0 Å². The first kappa shape index (κ1) is 27.8. The predicted octanol–water partition coefficient (Wildman–Crippen LogP) is 4.86. The van der Waals surface area contributed by atoms with E-state index in [9.17, 15) is 18.4 Å². The van der Waals surface area contributed by atoms with Gasteiger partial charge in [0.25, 0.3) is 0 Å². The van der Waals surface area contributed by atoms with Gasteiger partial charge in [-0.3, -0.25) is 9.59 Å². The van der Waals surface area contributed by atoms with Crippen LogP contribution in [0.15, 0.2) is 53.4 Å². The molecule has 0 spiro atoms. The van der Waals surface area contributed by atoms with E-state index >= 15 is 0 Å². The van der Waals surface area contributed by atoms with Crippen molar-refractivity contribution in [2.24, 2.45) is 11.7 Å². The van der Waals surface area contributed by atoms with E-state index in [2.05, 4.69) is 23.3 Å². The number of nitrogens with one attached hydrogen (secondary N) is 2. The van der Waals surface area contributed by atoms with Crippen LogP contribution in [0.1, 0.15) is 62.1 Å². The summed E-state index contributed by atoms with van der Waals surface area (Å²) in [6, 6.07) is 12.6. The Morgan fingerprint density at radius 2 is 1.82 bits per heavy atom. The van der Waals surface area contributed by atoms with E-state index < -0.39 is 18.5 Å². The van der Waals surface area contributed by atoms with Crippen LogP contribution in [0.25, 0.3) is 0 Å². The molecule has 0 heterocycles. The molecule has 0 aromatic heterocycles. The lowest BCUT2D eigenvalue weighted by Crippen LogP contribution is -2.41. The summed E-state index contributed by atoms with van der Waals surface area (Å²) < 4.78 is 24.3. The molecule has 5 nitrogen and oxygen atoms in total. The molecule has 0 aliphatic heterocycles. The van der Waals surface area contributed by atoms with Crippen LogP contribution in [0.2, 0.25) is 0 Å². The Kier molecular flexibility index (Phi) is 12.6. The highest BCUT2D eigenvalue weighted by Crippen LogP contribution is 2.28. The zero-order chi connectivity index (χ0) is 24.8. The molecule has 1 aliphatic carbocycles. The normalized spacial score (nSPS) is 14.1. The highest BCUT2D eigenvalue weighted by molar-refractivity contribution is 7.80. The van der Waals surface area contributed by atoms with Gasteiger partial charge in [0.05, 0.1) is 0 Å². The second-order valence-electron chi connectivity index (χ2n) is 8.44. The Morgan fingerprint density at radius 3 is 2.44 bits per heavy atom. The fourth-order valence-electron chi connectivity index (χ4n) is 3.89. The molecular weight excluding hydrogens is 456 g/mol. The van der Waals surface area contributed by atoms with Gasteiger partial charge in [0.15, 0.2) is 0 Å². The van der Waals surface area contributed by atoms with Gasteiger partial charge < -0.3 is 16.4 Å². The number of halogens is 2. The number of nitrogens with two attached hydrogens (primary N) is 1. The van der Waals surface area contributed by atoms with E-state index in [1.165, 1.54) is 37.8 Å². The summed E-state index contributed by atoms with van der Waals surface area (Å²) >= 11 is 3.92. The van der Waals surface area contributed by atoms with Gasteiger partial charge in [-0.1, -0.05) is 56.0 Å². The van der Waals surface area contributed by atoms with Gasteiger partial charge in [-0.25, -0.2) is 8.78 Å². The van der Waals surface area contributed by atoms with Crippen LogP contribution in [-0.4, -0.2) is 24.9 Å². The Labute approximate surface area is 206 Å². The lowest BCUT2D eigenvalue weighted by molar-refractivity contribution is -0.129. The lowest BCUT2D eigenvalue weighted by Gasteiger charge is -2.19. The van der Waals surface area contributed by atoms with Gasteiger partial charge in [0.2, 0.25) is 11.8 Å². The summed E-state index contributed by atoms with van der Waals surface area (Å²) in [5, 5.41) is 5.75. The third-order valence-electron chi connectivity index (χ3n) is 5.82. The summed E-state index contributed by atoms with van der Waals surface area (Å²) in [6.07, 6.45) is 7.16. The standard InChI is InChI=1S/C19H29N3O2.C7H6F2S/c20-13-6-14-21-19(24)18(16-9-2-1-3-10-16)22-17(23)12-11-15-7-4-5-8-15;8-4-5-3-6(9)1-2-7(5)10/h1-3,9-10,15,18H,4-8,11-14,20H2,(H,21,24)(H,22,23);1-3,10H,4H2. The van der Waals surface area contributed by atoms with Crippen LogP contribution < -0.4 is 16.4 Å².